The van der Waals surface area contributed by atoms with Gasteiger partial charge in [-0.1, -0.05) is 32.9 Å². The predicted molar refractivity (Wildman–Crippen MR) is 118 cm³/mol. The quantitative estimate of drug-likeness (QED) is 0.671. The molecule has 162 valence electrons. The molecule has 7 heteroatoms. The Morgan fingerprint density at radius 3 is 2.50 bits per heavy atom. The highest BCUT2D eigenvalue weighted by atomic mass is 32.1. The van der Waals surface area contributed by atoms with Crippen molar-refractivity contribution in [1.82, 2.24) is 0 Å². The maximum Gasteiger partial charge on any atom is 0.341 e. The largest absolute Gasteiger partial charge is 0.493 e. The highest BCUT2D eigenvalue weighted by Gasteiger charge is 2.34. The van der Waals surface area contributed by atoms with Gasteiger partial charge in [-0.05, 0) is 48.3 Å². The molecule has 1 aliphatic carbocycles. The van der Waals surface area contributed by atoms with E-state index in [-0.39, 0.29) is 17.9 Å². The lowest BCUT2D eigenvalue weighted by molar-refractivity contribution is -0.118. The highest BCUT2D eigenvalue weighted by Crippen LogP contribution is 2.44. The molecule has 1 aliphatic rings. The van der Waals surface area contributed by atoms with Gasteiger partial charge in [0.25, 0.3) is 5.91 Å². The van der Waals surface area contributed by atoms with Gasteiger partial charge in [-0.15, -0.1) is 11.3 Å². The Morgan fingerprint density at radius 1 is 1.17 bits per heavy atom. The van der Waals surface area contributed by atoms with Crippen LogP contribution in [0.1, 0.15) is 48.0 Å². The summed E-state index contributed by atoms with van der Waals surface area (Å²) in [6.45, 7) is 6.55. The summed E-state index contributed by atoms with van der Waals surface area (Å²) in [4.78, 5) is 26.2. The lowest BCUT2D eigenvalue weighted by Gasteiger charge is -2.33. The molecule has 0 fully saturated rings. The molecule has 1 amide bonds. The van der Waals surface area contributed by atoms with Crippen LogP contribution in [-0.2, 0) is 22.4 Å². The van der Waals surface area contributed by atoms with Crippen LogP contribution in [0.2, 0.25) is 0 Å². The molecule has 1 atom stereocenters. The summed E-state index contributed by atoms with van der Waals surface area (Å²) < 4.78 is 15.8. The molecule has 0 saturated carbocycles. The maximum absolute atomic E-state index is 12.6. The molecule has 1 heterocycles. The number of carbonyl (C=O) groups excluding carboxylic acids is 2. The van der Waals surface area contributed by atoms with Crippen LogP contribution >= 0.6 is 11.3 Å². The van der Waals surface area contributed by atoms with E-state index in [0.717, 1.165) is 29.7 Å². The van der Waals surface area contributed by atoms with Crippen molar-refractivity contribution in [3.05, 3.63) is 40.3 Å². The monoisotopic (exact) mass is 431 g/mol. The second kappa shape index (κ2) is 9.08. The van der Waals surface area contributed by atoms with Crippen molar-refractivity contribution >= 4 is 28.2 Å². The number of ether oxygens (including phenoxy) is 3. The van der Waals surface area contributed by atoms with E-state index in [4.69, 9.17) is 14.2 Å². The minimum Gasteiger partial charge on any atom is -0.493 e. The first-order valence-corrected chi connectivity index (χ1v) is 10.8. The molecule has 2 aromatic rings. The first-order chi connectivity index (χ1) is 14.2. The summed E-state index contributed by atoms with van der Waals surface area (Å²) in [5.74, 6) is 0.827. The van der Waals surface area contributed by atoms with Crippen molar-refractivity contribution in [2.45, 2.75) is 40.0 Å². The van der Waals surface area contributed by atoms with Crippen molar-refractivity contribution in [3.8, 4) is 11.5 Å². The number of anilines is 1. The van der Waals surface area contributed by atoms with Crippen LogP contribution < -0.4 is 14.8 Å². The number of benzene rings is 1. The van der Waals surface area contributed by atoms with Crippen molar-refractivity contribution in [1.29, 1.82) is 0 Å². The fourth-order valence-corrected chi connectivity index (χ4v) is 5.11. The van der Waals surface area contributed by atoms with Gasteiger partial charge in [0.1, 0.15) is 5.00 Å². The number of methoxy groups -OCH3 is 2. The molecule has 1 aromatic carbocycles. The number of esters is 1. The molecule has 0 bridgehead atoms. The van der Waals surface area contributed by atoms with Crippen LogP contribution in [0.3, 0.4) is 0 Å². The molecule has 1 aromatic heterocycles. The normalized spacial score (nSPS) is 15.8. The van der Waals surface area contributed by atoms with Crippen molar-refractivity contribution < 1.29 is 23.8 Å². The van der Waals surface area contributed by atoms with E-state index in [2.05, 4.69) is 26.1 Å². The summed E-state index contributed by atoms with van der Waals surface area (Å²) in [5, 5.41) is 3.39. The molecule has 30 heavy (non-hydrogen) atoms. The van der Waals surface area contributed by atoms with E-state index in [9.17, 15) is 9.59 Å². The SMILES string of the molecule is COC(=O)c1c(NC(=O)COc2ccccc2OC)sc2c1CCC(C(C)(C)C)C2. The standard InChI is InChI=1S/C23H29NO5S/c1-23(2,3)14-10-11-15-18(12-14)30-21(20(15)22(26)28-5)24-19(25)13-29-17-9-7-6-8-16(17)27-4/h6-9,14H,10-13H2,1-5H3,(H,24,25). The van der Waals surface area contributed by atoms with Crippen molar-refractivity contribution in [2.24, 2.45) is 11.3 Å². The number of hydrogen-bond donors (Lipinski definition) is 1. The zero-order valence-corrected chi connectivity index (χ0v) is 19.0. The number of thiophene rings is 1. The van der Waals surface area contributed by atoms with E-state index in [1.54, 1.807) is 19.2 Å². The molecular weight excluding hydrogens is 402 g/mol. The summed E-state index contributed by atoms with van der Waals surface area (Å²) in [7, 11) is 2.91. The van der Waals surface area contributed by atoms with E-state index in [0.29, 0.717) is 28.0 Å². The molecule has 3 rings (SSSR count). The van der Waals surface area contributed by atoms with Crippen LogP contribution in [0.5, 0.6) is 11.5 Å². The Labute approximate surface area is 181 Å². The van der Waals surface area contributed by atoms with Gasteiger partial charge in [0.2, 0.25) is 0 Å². The van der Waals surface area contributed by atoms with Gasteiger partial charge in [-0.2, -0.15) is 0 Å². The zero-order chi connectivity index (χ0) is 21.9. The van der Waals surface area contributed by atoms with Gasteiger partial charge in [0.15, 0.2) is 18.1 Å². The first kappa shape index (κ1) is 22.2. The van der Waals surface area contributed by atoms with Gasteiger partial charge in [-0.25, -0.2) is 4.79 Å². The number of carbonyl (C=O) groups is 2. The number of rotatable bonds is 6. The number of nitrogens with one attached hydrogen (secondary N) is 1. The first-order valence-electron chi connectivity index (χ1n) is 10.0. The summed E-state index contributed by atoms with van der Waals surface area (Å²) in [6.07, 6.45) is 2.73. The average Bonchev–Trinajstić information content (AvgIpc) is 3.08. The average molecular weight is 432 g/mol. The fraction of sp³-hybridized carbons (Fsp3) is 0.478. The molecule has 0 aliphatic heterocycles. The molecule has 1 N–H and O–H groups in total. The number of amides is 1. The highest BCUT2D eigenvalue weighted by molar-refractivity contribution is 7.17. The molecule has 1 unspecified atom stereocenters. The third-order valence-corrected chi connectivity index (χ3v) is 6.73. The third-order valence-electron chi connectivity index (χ3n) is 5.56. The van der Waals surface area contributed by atoms with Crippen LogP contribution in [0.4, 0.5) is 5.00 Å². The summed E-state index contributed by atoms with van der Waals surface area (Å²) in [5.41, 5.74) is 1.68. The molecule has 6 nitrogen and oxygen atoms in total. The van der Waals surface area contributed by atoms with Crippen LogP contribution in [0.15, 0.2) is 24.3 Å². The van der Waals surface area contributed by atoms with E-state index in [1.807, 2.05) is 12.1 Å². The summed E-state index contributed by atoms with van der Waals surface area (Å²) in [6, 6.07) is 7.14. The topological polar surface area (TPSA) is 73.9 Å². The minimum absolute atomic E-state index is 0.186. The molecule has 0 spiro atoms. The lowest BCUT2D eigenvalue weighted by Crippen LogP contribution is -2.26. The Kier molecular flexibility index (Phi) is 6.71. The Morgan fingerprint density at radius 2 is 1.87 bits per heavy atom. The lowest BCUT2D eigenvalue weighted by atomic mass is 9.72. The van der Waals surface area contributed by atoms with E-state index in [1.165, 1.54) is 18.4 Å². The second-order valence-electron chi connectivity index (χ2n) is 8.49. The van der Waals surface area contributed by atoms with Crippen LogP contribution in [-0.4, -0.2) is 32.7 Å². The Hall–Kier alpha value is -2.54. The minimum atomic E-state index is -0.414. The van der Waals surface area contributed by atoms with Gasteiger partial charge in [0.05, 0.1) is 19.8 Å². The fourth-order valence-electron chi connectivity index (χ4n) is 3.78. The Bertz CT molecular complexity index is 928. The maximum atomic E-state index is 12.6. The Balaban J connectivity index is 1.77. The number of para-hydroxylation sites is 2. The third kappa shape index (κ3) is 4.78. The van der Waals surface area contributed by atoms with Gasteiger partial charge >= 0.3 is 5.97 Å². The molecule has 0 saturated heterocycles. The van der Waals surface area contributed by atoms with Gasteiger partial charge in [0, 0.05) is 4.88 Å². The van der Waals surface area contributed by atoms with Gasteiger partial charge < -0.3 is 19.5 Å². The summed E-state index contributed by atoms with van der Waals surface area (Å²) >= 11 is 1.47. The smallest absolute Gasteiger partial charge is 0.341 e. The van der Waals surface area contributed by atoms with Crippen molar-refractivity contribution in [2.75, 3.05) is 26.1 Å². The van der Waals surface area contributed by atoms with Crippen molar-refractivity contribution in [3.63, 3.8) is 0 Å². The van der Waals surface area contributed by atoms with Crippen LogP contribution in [0.25, 0.3) is 0 Å². The second-order valence-corrected chi connectivity index (χ2v) is 9.60. The van der Waals surface area contributed by atoms with Gasteiger partial charge in [-0.3, -0.25) is 4.79 Å². The number of fused-ring (bicyclic) bond motifs is 1. The van der Waals surface area contributed by atoms with Crippen LogP contribution in [0, 0.1) is 11.3 Å². The van der Waals surface area contributed by atoms with E-state index >= 15 is 0 Å². The van der Waals surface area contributed by atoms with E-state index < -0.39 is 5.97 Å². The zero-order valence-electron chi connectivity index (χ0n) is 18.2. The molecular formula is C23H29NO5S. The predicted octanol–water partition coefficient (Wildman–Crippen LogP) is 4.71. The number of hydrogen-bond acceptors (Lipinski definition) is 6. The molecule has 0 radical (unpaired) electrons.